The molecule has 2 rings (SSSR count). The van der Waals surface area contributed by atoms with Crippen LogP contribution in [0.4, 0.5) is 0 Å². The zero-order valence-corrected chi connectivity index (χ0v) is 9.95. The lowest BCUT2D eigenvalue weighted by atomic mass is 9.99. The minimum Gasteiger partial charge on any atom is -0.320 e. The monoisotopic (exact) mass is 204 g/mol. The van der Waals surface area contributed by atoms with Gasteiger partial charge >= 0.3 is 0 Å². The number of nitrogens with zero attached hydrogens (tertiary/aromatic N) is 1. The van der Waals surface area contributed by atoms with Gasteiger partial charge in [-0.25, -0.2) is 0 Å². The largest absolute Gasteiger partial charge is 0.320 e. The Morgan fingerprint density at radius 3 is 2.60 bits per heavy atom. The average Bonchev–Trinajstić information content (AvgIpc) is 2.24. The molecule has 0 N–H and O–H groups in total. The van der Waals surface area contributed by atoms with Crippen molar-refractivity contribution in [2.75, 3.05) is 13.6 Å². The summed E-state index contributed by atoms with van der Waals surface area (Å²) in [5.41, 5.74) is 1.48. The van der Waals surface area contributed by atoms with Crippen LogP contribution in [0.1, 0.15) is 31.7 Å². The normalized spacial score (nSPS) is 31.5. The van der Waals surface area contributed by atoms with Gasteiger partial charge in [0.05, 0.1) is 19.6 Å². The molecule has 1 aromatic carbocycles. The number of benzene rings is 1. The second-order valence-electron chi connectivity index (χ2n) is 5.19. The Morgan fingerprint density at radius 2 is 1.93 bits per heavy atom. The van der Waals surface area contributed by atoms with E-state index in [4.69, 9.17) is 0 Å². The number of likely N-dealkylation sites (tertiary alicyclic amines) is 1. The molecule has 1 heterocycles. The van der Waals surface area contributed by atoms with Crippen molar-refractivity contribution >= 4 is 0 Å². The van der Waals surface area contributed by atoms with Crippen LogP contribution in [-0.4, -0.2) is 24.1 Å². The van der Waals surface area contributed by atoms with E-state index in [1.807, 2.05) is 0 Å². The van der Waals surface area contributed by atoms with Crippen LogP contribution in [0.2, 0.25) is 0 Å². The molecule has 0 saturated carbocycles. The first-order chi connectivity index (χ1) is 7.21. The average molecular weight is 204 g/mol. The summed E-state index contributed by atoms with van der Waals surface area (Å²) in [6, 6.07) is 11.7. The highest BCUT2D eigenvalue weighted by Gasteiger charge is 2.31. The lowest BCUT2D eigenvalue weighted by Crippen LogP contribution is -2.52. The molecule has 0 spiro atoms. The fourth-order valence-corrected chi connectivity index (χ4v) is 2.68. The molecule has 1 heteroatoms. The topological polar surface area (TPSA) is 0 Å². The van der Waals surface area contributed by atoms with Crippen molar-refractivity contribution in [1.29, 1.82) is 0 Å². The molecule has 0 amide bonds. The van der Waals surface area contributed by atoms with Crippen molar-refractivity contribution < 1.29 is 4.48 Å². The van der Waals surface area contributed by atoms with Gasteiger partial charge in [0, 0.05) is 5.56 Å². The third kappa shape index (κ3) is 2.40. The van der Waals surface area contributed by atoms with Gasteiger partial charge in [0.15, 0.2) is 0 Å². The zero-order chi connectivity index (χ0) is 10.7. The van der Waals surface area contributed by atoms with Gasteiger partial charge in [0.25, 0.3) is 0 Å². The molecule has 0 radical (unpaired) electrons. The number of rotatable bonds is 2. The van der Waals surface area contributed by atoms with E-state index in [9.17, 15) is 0 Å². The zero-order valence-electron chi connectivity index (χ0n) is 9.95. The molecule has 0 aliphatic carbocycles. The van der Waals surface area contributed by atoms with Gasteiger partial charge in [-0.05, 0) is 26.2 Å². The van der Waals surface area contributed by atoms with Gasteiger partial charge in [-0.1, -0.05) is 30.3 Å². The van der Waals surface area contributed by atoms with Gasteiger partial charge in [-0.2, -0.15) is 0 Å². The first kappa shape index (κ1) is 10.7. The van der Waals surface area contributed by atoms with E-state index in [1.54, 1.807) is 0 Å². The standard InChI is InChI=1S/C14H22N/c1-13-8-6-7-11-15(13,2)12-14-9-4-3-5-10-14/h3-5,9-10,13H,6-8,11-12H2,1-2H3/q+1/t13-,15+/m1/s1. The molecule has 1 fully saturated rings. The Morgan fingerprint density at radius 1 is 1.20 bits per heavy atom. The highest BCUT2D eigenvalue weighted by atomic mass is 15.4. The third-order valence-corrected chi connectivity index (χ3v) is 3.99. The van der Waals surface area contributed by atoms with Gasteiger partial charge in [-0.3, -0.25) is 0 Å². The van der Waals surface area contributed by atoms with Crippen LogP contribution in [0.25, 0.3) is 0 Å². The van der Waals surface area contributed by atoms with E-state index in [0.717, 1.165) is 6.04 Å². The summed E-state index contributed by atoms with van der Waals surface area (Å²) in [6.45, 7) is 4.94. The molecule has 1 saturated heterocycles. The minimum atomic E-state index is 0.818. The van der Waals surface area contributed by atoms with Crippen molar-refractivity contribution in [3.05, 3.63) is 35.9 Å². The van der Waals surface area contributed by atoms with Crippen LogP contribution in [0, 0.1) is 0 Å². The van der Waals surface area contributed by atoms with Crippen molar-refractivity contribution in [2.24, 2.45) is 0 Å². The first-order valence-electron chi connectivity index (χ1n) is 6.09. The highest BCUT2D eigenvalue weighted by molar-refractivity contribution is 5.13. The molecule has 2 atom stereocenters. The molecular formula is C14H22N+. The minimum absolute atomic E-state index is 0.818. The summed E-state index contributed by atoms with van der Waals surface area (Å²) in [4.78, 5) is 0. The summed E-state index contributed by atoms with van der Waals surface area (Å²) in [7, 11) is 2.41. The number of hydrogen-bond donors (Lipinski definition) is 0. The Kier molecular flexibility index (Phi) is 3.11. The summed E-state index contributed by atoms with van der Waals surface area (Å²) in [5, 5.41) is 0. The Hall–Kier alpha value is -0.820. The molecule has 1 aliphatic heterocycles. The van der Waals surface area contributed by atoms with E-state index in [2.05, 4.69) is 44.3 Å². The van der Waals surface area contributed by atoms with Crippen molar-refractivity contribution in [3.8, 4) is 0 Å². The van der Waals surface area contributed by atoms with Crippen LogP contribution in [0.3, 0.4) is 0 Å². The van der Waals surface area contributed by atoms with E-state index in [1.165, 1.54) is 42.4 Å². The summed E-state index contributed by atoms with van der Waals surface area (Å²) in [5.74, 6) is 0. The molecule has 0 bridgehead atoms. The summed E-state index contributed by atoms with van der Waals surface area (Å²) < 4.78 is 1.23. The highest BCUT2D eigenvalue weighted by Crippen LogP contribution is 2.26. The third-order valence-electron chi connectivity index (χ3n) is 3.99. The molecule has 1 aliphatic rings. The van der Waals surface area contributed by atoms with Crippen molar-refractivity contribution in [2.45, 2.75) is 38.8 Å². The van der Waals surface area contributed by atoms with E-state index in [0.29, 0.717) is 0 Å². The fraction of sp³-hybridized carbons (Fsp3) is 0.571. The maximum absolute atomic E-state index is 2.41. The second kappa shape index (κ2) is 4.36. The molecule has 0 unspecified atom stereocenters. The Labute approximate surface area is 93.3 Å². The predicted octanol–water partition coefficient (Wildman–Crippen LogP) is 3.21. The smallest absolute Gasteiger partial charge is 0.104 e. The lowest BCUT2D eigenvalue weighted by Gasteiger charge is -2.43. The lowest BCUT2D eigenvalue weighted by molar-refractivity contribution is -0.948. The predicted molar refractivity (Wildman–Crippen MR) is 64.5 cm³/mol. The van der Waals surface area contributed by atoms with Crippen LogP contribution < -0.4 is 0 Å². The van der Waals surface area contributed by atoms with Crippen molar-refractivity contribution in [3.63, 3.8) is 0 Å². The fourth-order valence-electron chi connectivity index (χ4n) is 2.68. The Bertz CT molecular complexity index is 306. The quantitative estimate of drug-likeness (QED) is 0.649. The van der Waals surface area contributed by atoms with Gasteiger partial charge < -0.3 is 4.48 Å². The van der Waals surface area contributed by atoms with Crippen LogP contribution in [0.5, 0.6) is 0 Å². The summed E-state index contributed by atoms with van der Waals surface area (Å²) >= 11 is 0. The van der Waals surface area contributed by atoms with E-state index < -0.39 is 0 Å². The van der Waals surface area contributed by atoms with Crippen LogP contribution >= 0.6 is 0 Å². The molecule has 0 aromatic heterocycles. The van der Waals surface area contributed by atoms with Crippen LogP contribution in [-0.2, 0) is 6.54 Å². The molecule has 1 nitrogen and oxygen atoms in total. The SMILES string of the molecule is C[C@@H]1CCCC[N@@+]1(C)Cc1ccccc1. The van der Waals surface area contributed by atoms with E-state index in [-0.39, 0.29) is 0 Å². The van der Waals surface area contributed by atoms with Crippen LogP contribution in [0.15, 0.2) is 30.3 Å². The van der Waals surface area contributed by atoms with E-state index >= 15 is 0 Å². The van der Waals surface area contributed by atoms with Gasteiger partial charge in [0.2, 0.25) is 0 Å². The number of piperidine rings is 1. The molecule has 15 heavy (non-hydrogen) atoms. The number of quaternary nitrogens is 1. The van der Waals surface area contributed by atoms with Gasteiger partial charge in [-0.15, -0.1) is 0 Å². The molecule has 82 valence electrons. The Balaban J connectivity index is 2.09. The molecule has 1 aromatic rings. The number of hydrogen-bond acceptors (Lipinski definition) is 0. The van der Waals surface area contributed by atoms with Gasteiger partial charge in [0.1, 0.15) is 6.54 Å². The second-order valence-corrected chi connectivity index (χ2v) is 5.19. The van der Waals surface area contributed by atoms with Crippen molar-refractivity contribution in [1.82, 2.24) is 0 Å². The maximum atomic E-state index is 2.41. The first-order valence-corrected chi connectivity index (χ1v) is 6.09. The maximum Gasteiger partial charge on any atom is 0.104 e. The molecular weight excluding hydrogens is 182 g/mol. The summed E-state index contributed by atoms with van der Waals surface area (Å²) in [6.07, 6.45) is 4.21.